The van der Waals surface area contributed by atoms with Gasteiger partial charge < -0.3 is 8.85 Å². The molecule has 0 aromatic heterocycles. The lowest BCUT2D eigenvalue weighted by Gasteiger charge is -2.40. The molecule has 0 aliphatic heterocycles. The normalized spacial score (nSPS) is 14.8. The molecular formula is C21H39NO4Si2. The van der Waals surface area contributed by atoms with Crippen LogP contribution in [0.15, 0.2) is 24.3 Å². The van der Waals surface area contributed by atoms with Gasteiger partial charge in [-0.2, -0.15) is 0 Å². The topological polar surface area (TPSA) is 61.6 Å². The monoisotopic (exact) mass is 425 g/mol. The van der Waals surface area contributed by atoms with E-state index in [1.54, 1.807) is 12.1 Å². The van der Waals surface area contributed by atoms with Crippen molar-refractivity contribution in [1.29, 1.82) is 0 Å². The largest absolute Gasteiger partial charge is 0.417 e. The zero-order valence-electron chi connectivity index (χ0n) is 19.4. The van der Waals surface area contributed by atoms with Crippen molar-refractivity contribution >= 4 is 22.3 Å². The van der Waals surface area contributed by atoms with Crippen molar-refractivity contribution in [2.45, 2.75) is 90.3 Å². The zero-order chi connectivity index (χ0) is 22.0. The lowest BCUT2D eigenvalue weighted by atomic mass is 10.1. The first-order valence-corrected chi connectivity index (χ1v) is 15.9. The van der Waals surface area contributed by atoms with E-state index in [4.69, 9.17) is 8.85 Å². The molecule has 0 unspecified atom stereocenters. The van der Waals surface area contributed by atoms with Crippen molar-refractivity contribution in [3.05, 3.63) is 39.9 Å². The lowest BCUT2D eigenvalue weighted by molar-refractivity contribution is -0.384. The summed E-state index contributed by atoms with van der Waals surface area (Å²) < 4.78 is 13.1. The fraction of sp³-hybridized carbons (Fsp3) is 0.714. The molecule has 0 radical (unpaired) electrons. The number of nitrogens with zero attached hydrogens (tertiary/aromatic N) is 1. The number of nitro groups is 1. The molecule has 0 saturated carbocycles. The Morgan fingerprint density at radius 1 is 0.929 bits per heavy atom. The number of nitro benzene ring substituents is 1. The highest BCUT2D eigenvalue weighted by molar-refractivity contribution is 6.74. The van der Waals surface area contributed by atoms with Crippen LogP contribution in [0.3, 0.4) is 0 Å². The Morgan fingerprint density at radius 2 is 1.39 bits per heavy atom. The van der Waals surface area contributed by atoms with Gasteiger partial charge in [-0.1, -0.05) is 41.5 Å². The molecule has 1 atom stereocenters. The minimum atomic E-state index is -2.00. The first-order chi connectivity index (χ1) is 12.5. The predicted molar refractivity (Wildman–Crippen MR) is 122 cm³/mol. The predicted octanol–water partition coefficient (Wildman–Crippen LogP) is 7.07. The molecule has 0 saturated heterocycles. The minimum absolute atomic E-state index is 0.0896. The van der Waals surface area contributed by atoms with Gasteiger partial charge in [-0.3, -0.25) is 10.1 Å². The highest BCUT2D eigenvalue weighted by Crippen LogP contribution is 2.41. The number of benzene rings is 1. The maximum absolute atomic E-state index is 11.0. The molecular weight excluding hydrogens is 386 g/mol. The second kappa shape index (κ2) is 8.77. The summed E-state index contributed by atoms with van der Waals surface area (Å²) >= 11 is 0. The van der Waals surface area contributed by atoms with Gasteiger partial charge in [0.05, 0.1) is 11.0 Å². The molecule has 0 fully saturated rings. The van der Waals surface area contributed by atoms with E-state index in [1.807, 2.05) is 12.1 Å². The van der Waals surface area contributed by atoms with Crippen LogP contribution in [0, 0.1) is 10.1 Å². The van der Waals surface area contributed by atoms with Gasteiger partial charge in [0, 0.05) is 18.7 Å². The van der Waals surface area contributed by atoms with Gasteiger partial charge in [0.25, 0.3) is 5.69 Å². The van der Waals surface area contributed by atoms with Crippen LogP contribution in [0.1, 0.15) is 59.6 Å². The van der Waals surface area contributed by atoms with E-state index >= 15 is 0 Å². The van der Waals surface area contributed by atoms with Crippen LogP contribution in [0.5, 0.6) is 0 Å². The summed E-state index contributed by atoms with van der Waals surface area (Å²) in [5.41, 5.74) is 1.08. The summed E-state index contributed by atoms with van der Waals surface area (Å²) in [5.74, 6) is 0. The average Bonchev–Trinajstić information content (AvgIpc) is 2.51. The molecule has 7 heteroatoms. The maximum Gasteiger partial charge on any atom is 0.269 e. The van der Waals surface area contributed by atoms with E-state index in [0.29, 0.717) is 6.61 Å². The quantitative estimate of drug-likeness (QED) is 0.254. The van der Waals surface area contributed by atoms with Gasteiger partial charge >= 0.3 is 0 Å². The van der Waals surface area contributed by atoms with Crippen LogP contribution >= 0.6 is 0 Å². The second-order valence-electron chi connectivity index (χ2n) is 10.6. The Balaban J connectivity index is 3.03. The maximum atomic E-state index is 11.0. The molecule has 0 aliphatic rings. The summed E-state index contributed by atoms with van der Waals surface area (Å²) in [5, 5.41) is 11.2. The zero-order valence-corrected chi connectivity index (χ0v) is 21.4. The van der Waals surface area contributed by atoms with Crippen molar-refractivity contribution in [2.75, 3.05) is 6.61 Å². The molecule has 1 rings (SSSR count). The Labute approximate surface area is 173 Å². The first-order valence-electron chi connectivity index (χ1n) is 10.0. The summed E-state index contributed by atoms with van der Waals surface area (Å²) in [7, 11) is -3.82. The molecule has 28 heavy (non-hydrogen) atoms. The van der Waals surface area contributed by atoms with E-state index in [9.17, 15) is 10.1 Å². The SMILES string of the molecule is CC(C)(C)[Si](C)(C)OCC[C@H](O[Si](C)(C)C(C)(C)C)c1ccc([N+](=O)[O-])cc1. The summed E-state index contributed by atoms with van der Waals surface area (Å²) in [6.45, 7) is 23.0. The van der Waals surface area contributed by atoms with E-state index in [-0.39, 0.29) is 26.8 Å². The van der Waals surface area contributed by atoms with Crippen LogP contribution in [0.2, 0.25) is 36.3 Å². The van der Waals surface area contributed by atoms with Gasteiger partial charge in [0.2, 0.25) is 0 Å². The molecule has 0 amide bonds. The van der Waals surface area contributed by atoms with E-state index in [1.165, 1.54) is 0 Å². The fourth-order valence-electron chi connectivity index (χ4n) is 2.27. The highest BCUT2D eigenvalue weighted by atomic mass is 28.4. The third-order valence-electron chi connectivity index (χ3n) is 6.37. The van der Waals surface area contributed by atoms with Crippen molar-refractivity contribution in [1.82, 2.24) is 0 Å². The van der Waals surface area contributed by atoms with Crippen LogP contribution in [-0.2, 0) is 8.85 Å². The number of hydrogen-bond donors (Lipinski definition) is 0. The molecule has 0 bridgehead atoms. The fourth-order valence-corrected chi connectivity index (χ4v) is 4.65. The van der Waals surface area contributed by atoms with Gasteiger partial charge in [-0.15, -0.1) is 0 Å². The minimum Gasteiger partial charge on any atom is -0.417 e. The molecule has 160 valence electrons. The van der Waals surface area contributed by atoms with E-state index in [0.717, 1.165) is 12.0 Å². The van der Waals surface area contributed by atoms with Crippen molar-refractivity contribution in [2.24, 2.45) is 0 Å². The van der Waals surface area contributed by atoms with Crippen LogP contribution < -0.4 is 0 Å². The van der Waals surface area contributed by atoms with Crippen LogP contribution in [0.4, 0.5) is 5.69 Å². The molecule has 1 aromatic rings. The molecule has 0 spiro atoms. The molecule has 0 aliphatic carbocycles. The molecule has 5 nitrogen and oxygen atoms in total. The van der Waals surface area contributed by atoms with Gasteiger partial charge in [-0.25, -0.2) is 0 Å². The smallest absolute Gasteiger partial charge is 0.269 e. The van der Waals surface area contributed by atoms with Crippen molar-refractivity contribution < 1.29 is 13.8 Å². The number of rotatable bonds is 8. The highest BCUT2D eigenvalue weighted by Gasteiger charge is 2.40. The third kappa shape index (κ3) is 6.50. The van der Waals surface area contributed by atoms with Gasteiger partial charge in [-0.05, 0) is 60.4 Å². The van der Waals surface area contributed by atoms with E-state index in [2.05, 4.69) is 67.7 Å². The Morgan fingerprint density at radius 3 is 1.79 bits per heavy atom. The second-order valence-corrected chi connectivity index (χ2v) is 20.2. The number of non-ortho nitro benzene ring substituents is 1. The van der Waals surface area contributed by atoms with Gasteiger partial charge in [0.15, 0.2) is 16.6 Å². The van der Waals surface area contributed by atoms with Crippen molar-refractivity contribution in [3.63, 3.8) is 0 Å². The standard InChI is InChI=1S/C21H39NO4Si2/c1-20(2,3)27(7,8)25-16-15-19(26-28(9,10)21(4,5)6)17-11-13-18(14-12-17)22(23)24/h11-14,19H,15-16H2,1-10H3/t19-/m0/s1. The molecule has 0 N–H and O–H groups in total. The van der Waals surface area contributed by atoms with Crippen LogP contribution in [0.25, 0.3) is 0 Å². The van der Waals surface area contributed by atoms with Crippen molar-refractivity contribution in [3.8, 4) is 0 Å². The first kappa shape index (κ1) is 25.0. The Bertz CT molecular complexity index is 658. The Hall–Kier alpha value is -1.03. The number of hydrogen-bond acceptors (Lipinski definition) is 4. The lowest BCUT2D eigenvalue weighted by Crippen LogP contribution is -2.43. The Kier molecular flexibility index (Phi) is 7.84. The summed E-state index contributed by atoms with van der Waals surface area (Å²) in [4.78, 5) is 10.6. The van der Waals surface area contributed by atoms with Gasteiger partial charge in [0.1, 0.15) is 0 Å². The molecule has 0 heterocycles. The molecule has 1 aromatic carbocycles. The summed E-state index contributed by atoms with van der Waals surface area (Å²) in [6.07, 6.45) is 0.628. The van der Waals surface area contributed by atoms with Crippen LogP contribution in [-0.4, -0.2) is 28.2 Å². The van der Waals surface area contributed by atoms with E-state index < -0.39 is 16.6 Å². The third-order valence-corrected chi connectivity index (χ3v) is 15.4. The average molecular weight is 426 g/mol. The summed E-state index contributed by atoms with van der Waals surface area (Å²) in [6, 6.07) is 6.77.